The highest BCUT2D eigenvalue weighted by molar-refractivity contribution is 5.78. The van der Waals surface area contributed by atoms with Gasteiger partial charge in [-0.1, -0.05) is 37.3 Å². The average molecular weight is 287 g/mol. The standard InChI is InChI=1S/C17H25N3O/c1-2-16-15-10-18-9-14(15)11-20(16)12-17(21)19-8-13-6-4-3-5-7-13/h3-7,14-16,18H,2,8-12H2,1H3,(H,19,21). The number of amides is 1. The Balaban J connectivity index is 1.50. The van der Waals surface area contributed by atoms with Gasteiger partial charge >= 0.3 is 0 Å². The van der Waals surface area contributed by atoms with Gasteiger partial charge in [0.2, 0.25) is 5.91 Å². The molecule has 0 aliphatic carbocycles. The number of nitrogens with zero attached hydrogens (tertiary/aromatic N) is 1. The molecule has 3 unspecified atom stereocenters. The molecule has 1 aromatic carbocycles. The molecule has 2 aliphatic rings. The second-order valence-electron chi connectivity index (χ2n) is 6.25. The van der Waals surface area contributed by atoms with Crippen LogP contribution < -0.4 is 10.6 Å². The summed E-state index contributed by atoms with van der Waals surface area (Å²) in [7, 11) is 0. The third-order valence-corrected chi connectivity index (χ3v) is 4.92. The van der Waals surface area contributed by atoms with Crippen LogP contribution in [0.25, 0.3) is 0 Å². The lowest BCUT2D eigenvalue weighted by Gasteiger charge is -2.26. The van der Waals surface area contributed by atoms with Gasteiger partial charge in [-0.25, -0.2) is 0 Å². The number of rotatable bonds is 5. The molecule has 2 N–H and O–H groups in total. The van der Waals surface area contributed by atoms with E-state index in [2.05, 4.69) is 22.5 Å². The fourth-order valence-corrected chi connectivity index (χ4v) is 3.89. The van der Waals surface area contributed by atoms with Crippen LogP contribution in [0, 0.1) is 11.8 Å². The van der Waals surface area contributed by atoms with Crippen LogP contribution in [-0.2, 0) is 11.3 Å². The lowest BCUT2D eigenvalue weighted by molar-refractivity contribution is -0.122. The number of benzene rings is 1. The molecule has 2 heterocycles. The van der Waals surface area contributed by atoms with Gasteiger partial charge in [0, 0.05) is 19.1 Å². The van der Waals surface area contributed by atoms with Gasteiger partial charge in [0.05, 0.1) is 6.54 Å². The van der Waals surface area contributed by atoms with Gasteiger partial charge in [-0.15, -0.1) is 0 Å². The van der Waals surface area contributed by atoms with Crippen molar-refractivity contribution in [3.8, 4) is 0 Å². The van der Waals surface area contributed by atoms with Gasteiger partial charge in [-0.05, 0) is 36.9 Å². The van der Waals surface area contributed by atoms with Crippen LogP contribution in [0.15, 0.2) is 30.3 Å². The predicted octanol–water partition coefficient (Wildman–Crippen LogP) is 1.23. The maximum Gasteiger partial charge on any atom is 0.234 e. The molecule has 2 saturated heterocycles. The molecular weight excluding hydrogens is 262 g/mol. The largest absolute Gasteiger partial charge is 0.351 e. The summed E-state index contributed by atoms with van der Waals surface area (Å²) in [6.45, 7) is 6.70. The lowest BCUT2D eigenvalue weighted by Crippen LogP contribution is -2.42. The van der Waals surface area contributed by atoms with Crippen molar-refractivity contribution in [2.45, 2.75) is 25.9 Å². The van der Waals surface area contributed by atoms with E-state index in [0.29, 0.717) is 19.1 Å². The van der Waals surface area contributed by atoms with Crippen molar-refractivity contribution in [1.29, 1.82) is 0 Å². The first kappa shape index (κ1) is 14.5. The number of carbonyl (C=O) groups is 1. The summed E-state index contributed by atoms with van der Waals surface area (Å²) < 4.78 is 0. The molecule has 3 rings (SSSR count). The maximum atomic E-state index is 12.2. The molecule has 0 spiro atoms. The number of carbonyl (C=O) groups excluding carboxylic acids is 1. The zero-order chi connectivity index (χ0) is 14.7. The minimum atomic E-state index is 0.144. The molecule has 114 valence electrons. The lowest BCUT2D eigenvalue weighted by atomic mass is 9.93. The van der Waals surface area contributed by atoms with Crippen molar-refractivity contribution in [1.82, 2.24) is 15.5 Å². The molecule has 2 fully saturated rings. The highest BCUT2D eigenvalue weighted by atomic mass is 16.2. The van der Waals surface area contributed by atoms with E-state index in [9.17, 15) is 4.79 Å². The number of hydrogen-bond acceptors (Lipinski definition) is 3. The van der Waals surface area contributed by atoms with Crippen LogP contribution in [0.3, 0.4) is 0 Å². The van der Waals surface area contributed by atoms with Crippen molar-refractivity contribution in [2.24, 2.45) is 11.8 Å². The second kappa shape index (κ2) is 6.58. The summed E-state index contributed by atoms with van der Waals surface area (Å²) >= 11 is 0. The van der Waals surface area contributed by atoms with Gasteiger partial charge in [0.25, 0.3) is 0 Å². The first-order valence-corrected chi connectivity index (χ1v) is 8.03. The molecular formula is C17H25N3O. The number of hydrogen-bond donors (Lipinski definition) is 2. The summed E-state index contributed by atoms with van der Waals surface area (Å²) in [4.78, 5) is 14.6. The quantitative estimate of drug-likeness (QED) is 0.856. The molecule has 4 nitrogen and oxygen atoms in total. The van der Waals surface area contributed by atoms with Crippen LogP contribution in [0.2, 0.25) is 0 Å². The monoisotopic (exact) mass is 287 g/mol. The zero-order valence-electron chi connectivity index (χ0n) is 12.7. The van der Waals surface area contributed by atoms with Crippen molar-refractivity contribution in [3.63, 3.8) is 0 Å². The van der Waals surface area contributed by atoms with E-state index in [0.717, 1.165) is 43.5 Å². The normalized spacial score (nSPS) is 28.5. The molecule has 21 heavy (non-hydrogen) atoms. The van der Waals surface area contributed by atoms with Gasteiger partial charge in [-0.2, -0.15) is 0 Å². The van der Waals surface area contributed by atoms with E-state index >= 15 is 0 Å². The molecule has 4 heteroatoms. The van der Waals surface area contributed by atoms with E-state index < -0.39 is 0 Å². The Bertz CT molecular complexity index is 476. The first-order valence-electron chi connectivity index (χ1n) is 8.03. The van der Waals surface area contributed by atoms with E-state index in [1.165, 1.54) is 0 Å². The molecule has 0 radical (unpaired) electrons. The summed E-state index contributed by atoms with van der Waals surface area (Å²) in [5.74, 6) is 1.61. The number of nitrogens with one attached hydrogen (secondary N) is 2. The Morgan fingerprint density at radius 2 is 2.14 bits per heavy atom. The summed E-state index contributed by atoms with van der Waals surface area (Å²) in [5.41, 5.74) is 1.15. The van der Waals surface area contributed by atoms with E-state index in [-0.39, 0.29) is 5.91 Å². The Morgan fingerprint density at radius 1 is 1.33 bits per heavy atom. The van der Waals surface area contributed by atoms with Crippen LogP contribution in [0.4, 0.5) is 0 Å². The van der Waals surface area contributed by atoms with Gasteiger partial charge in [-0.3, -0.25) is 9.69 Å². The van der Waals surface area contributed by atoms with Crippen LogP contribution >= 0.6 is 0 Å². The highest BCUT2D eigenvalue weighted by Crippen LogP contribution is 2.33. The SMILES string of the molecule is CCC1C2CNCC2CN1CC(=O)NCc1ccccc1. The number of fused-ring (bicyclic) bond motifs is 1. The van der Waals surface area contributed by atoms with E-state index in [4.69, 9.17) is 0 Å². The fourth-order valence-electron chi connectivity index (χ4n) is 3.89. The van der Waals surface area contributed by atoms with Crippen LogP contribution in [0.1, 0.15) is 18.9 Å². The summed E-state index contributed by atoms with van der Waals surface area (Å²) in [6, 6.07) is 10.6. The van der Waals surface area contributed by atoms with Gasteiger partial charge < -0.3 is 10.6 Å². The van der Waals surface area contributed by atoms with Crippen molar-refractivity contribution < 1.29 is 4.79 Å². The first-order chi connectivity index (χ1) is 10.3. The zero-order valence-corrected chi connectivity index (χ0v) is 12.7. The Kier molecular flexibility index (Phi) is 4.56. The Hall–Kier alpha value is -1.39. The van der Waals surface area contributed by atoms with Crippen molar-refractivity contribution in [2.75, 3.05) is 26.2 Å². The highest BCUT2D eigenvalue weighted by Gasteiger charge is 2.43. The van der Waals surface area contributed by atoms with Crippen LogP contribution in [-0.4, -0.2) is 43.0 Å². The predicted molar refractivity (Wildman–Crippen MR) is 83.8 cm³/mol. The molecule has 0 bridgehead atoms. The second-order valence-corrected chi connectivity index (χ2v) is 6.25. The molecule has 0 saturated carbocycles. The fraction of sp³-hybridized carbons (Fsp3) is 0.588. The minimum absolute atomic E-state index is 0.144. The minimum Gasteiger partial charge on any atom is -0.351 e. The third kappa shape index (κ3) is 3.27. The average Bonchev–Trinajstić information content (AvgIpc) is 3.06. The Labute approximate surface area is 126 Å². The molecule has 1 amide bonds. The smallest absolute Gasteiger partial charge is 0.234 e. The van der Waals surface area contributed by atoms with Crippen molar-refractivity contribution >= 4 is 5.91 Å². The molecule has 3 atom stereocenters. The molecule has 1 aromatic rings. The van der Waals surface area contributed by atoms with Crippen LogP contribution in [0.5, 0.6) is 0 Å². The van der Waals surface area contributed by atoms with Crippen molar-refractivity contribution in [3.05, 3.63) is 35.9 Å². The van der Waals surface area contributed by atoms with Gasteiger partial charge in [0.1, 0.15) is 0 Å². The Morgan fingerprint density at radius 3 is 2.90 bits per heavy atom. The van der Waals surface area contributed by atoms with E-state index in [1.54, 1.807) is 0 Å². The topological polar surface area (TPSA) is 44.4 Å². The third-order valence-electron chi connectivity index (χ3n) is 4.92. The number of likely N-dealkylation sites (tertiary alicyclic amines) is 1. The maximum absolute atomic E-state index is 12.2. The summed E-state index contributed by atoms with van der Waals surface area (Å²) in [5, 5.41) is 6.52. The molecule has 2 aliphatic heterocycles. The summed E-state index contributed by atoms with van der Waals surface area (Å²) in [6.07, 6.45) is 1.13. The molecule has 0 aromatic heterocycles. The van der Waals surface area contributed by atoms with E-state index in [1.807, 2.05) is 30.3 Å². The van der Waals surface area contributed by atoms with Gasteiger partial charge in [0.15, 0.2) is 0 Å².